The molecule has 164 valence electrons. The Morgan fingerprint density at radius 3 is 2.66 bits per heavy atom. The van der Waals surface area contributed by atoms with Gasteiger partial charge in [0.2, 0.25) is 0 Å². The normalized spacial score (nSPS) is 15.1. The van der Waals surface area contributed by atoms with Gasteiger partial charge in [-0.05, 0) is 47.2 Å². The van der Waals surface area contributed by atoms with Crippen molar-refractivity contribution in [3.05, 3.63) is 79.1 Å². The third kappa shape index (κ3) is 5.40. The van der Waals surface area contributed by atoms with Crippen molar-refractivity contribution in [1.82, 2.24) is 9.88 Å². The highest BCUT2D eigenvalue weighted by Crippen LogP contribution is 2.38. The lowest BCUT2D eigenvalue weighted by Crippen LogP contribution is -2.27. The molecule has 2 aromatic carbocycles. The molecule has 5 nitrogen and oxygen atoms in total. The molecule has 1 aliphatic heterocycles. The van der Waals surface area contributed by atoms with Gasteiger partial charge in [0.15, 0.2) is 4.34 Å². The number of imide groups is 1. The Morgan fingerprint density at radius 1 is 1.19 bits per heavy atom. The van der Waals surface area contributed by atoms with E-state index in [1.165, 1.54) is 16.2 Å². The van der Waals surface area contributed by atoms with Gasteiger partial charge in [-0.15, -0.1) is 11.3 Å². The second-order valence-electron chi connectivity index (χ2n) is 6.63. The van der Waals surface area contributed by atoms with Crippen molar-refractivity contribution >= 4 is 79.6 Å². The van der Waals surface area contributed by atoms with Gasteiger partial charge in [-0.3, -0.25) is 14.5 Å². The molecule has 10 heteroatoms. The van der Waals surface area contributed by atoms with Crippen molar-refractivity contribution in [2.75, 3.05) is 7.11 Å². The van der Waals surface area contributed by atoms with E-state index < -0.39 is 0 Å². The molecule has 0 aliphatic carbocycles. The zero-order valence-corrected chi connectivity index (χ0v) is 21.5. The number of carbonyl (C=O) groups is 2. The Kier molecular flexibility index (Phi) is 7.63. The highest BCUT2D eigenvalue weighted by atomic mass is 79.9. The van der Waals surface area contributed by atoms with E-state index in [0.29, 0.717) is 14.9 Å². The summed E-state index contributed by atoms with van der Waals surface area (Å²) in [5.74, 6) is 1.22. The largest absolute Gasteiger partial charge is 0.497 e. The highest BCUT2D eigenvalue weighted by molar-refractivity contribution is 9.10. The number of ether oxygens (including phenoxy) is 1. The summed E-state index contributed by atoms with van der Waals surface area (Å²) in [5.41, 5.74) is 2.00. The van der Waals surface area contributed by atoms with Crippen LogP contribution in [0, 0.1) is 0 Å². The quantitative estimate of drug-likeness (QED) is 0.224. The number of thiazole rings is 1. The minimum absolute atomic E-state index is 0.211. The van der Waals surface area contributed by atoms with Crippen LogP contribution in [0.5, 0.6) is 5.75 Å². The van der Waals surface area contributed by atoms with Crippen LogP contribution >= 0.6 is 62.4 Å². The number of hydrogen-bond acceptors (Lipinski definition) is 7. The fourth-order valence-corrected chi connectivity index (χ4v) is 6.48. The fraction of sp³-hybridized carbons (Fsp3) is 0.136. The monoisotopic (exact) mass is 566 g/mol. The molecule has 2 heterocycles. The van der Waals surface area contributed by atoms with Gasteiger partial charge in [0.05, 0.1) is 23.4 Å². The van der Waals surface area contributed by atoms with E-state index in [9.17, 15) is 9.59 Å². The molecule has 1 fully saturated rings. The Labute approximate surface area is 211 Å². The minimum Gasteiger partial charge on any atom is -0.497 e. The number of amides is 2. The van der Waals surface area contributed by atoms with E-state index in [0.717, 1.165) is 43.2 Å². The first-order chi connectivity index (χ1) is 15.4. The van der Waals surface area contributed by atoms with E-state index in [1.807, 2.05) is 48.5 Å². The minimum atomic E-state index is -0.326. The molecule has 32 heavy (non-hydrogen) atoms. The molecular weight excluding hydrogens is 552 g/mol. The topological polar surface area (TPSA) is 59.5 Å². The van der Waals surface area contributed by atoms with E-state index in [4.69, 9.17) is 16.3 Å². The first-order valence-electron chi connectivity index (χ1n) is 9.35. The summed E-state index contributed by atoms with van der Waals surface area (Å²) in [5, 5.41) is 0.0246. The second-order valence-corrected chi connectivity index (χ2v) is 11.1. The van der Waals surface area contributed by atoms with Crippen LogP contribution in [-0.2, 0) is 17.1 Å². The Hall–Kier alpha value is -1.78. The fourth-order valence-electron chi connectivity index (χ4n) is 2.86. The van der Waals surface area contributed by atoms with Crippen molar-refractivity contribution in [2.45, 2.75) is 16.6 Å². The summed E-state index contributed by atoms with van der Waals surface area (Å²) in [7, 11) is 1.64. The van der Waals surface area contributed by atoms with Crippen molar-refractivity contribution < 1.29 is 14.3 Å². The molecule has 1 aliphatic rings. The predicted octanol–water partition coefficient (Wildman–Crippen LogP) is 7.10. The number of methoxy groups -OCH3 is 1. The molecule has 0 radical (unpaired) electrons. The molecule has 1 aromatic heterocycles. The number of halogens is 2. The Balaban J connectivity index is 1.45. The summed E-state index contributed by atoms with van der Waals surface area (Å²) >= 11 is 13.7. The van der Waals surface area contributed by atoms with Gasteiger partial charge < -0.3 is 4.74 Å². The maximum absolute atomic E-state index is 12.8. The van der Waals surface area contributed by atoms with E-state index in [1.54, 1.807) is 24.9 Å². The first kappa shape index (κ1) is 23.4. The van der Waals surface area contributed by atoms with Crippen LogP contribution in [0.25, 0.3) is 6.08 Å². The third-order valence-electron chi connectivity index (χ3n) is 4.53. The first-order valence-corrected chi connectivity index (χ1v) is 13.1. The van der Waals surface area contributed by atoms with E-state index in [2.05, 4.69) is 20.9 Å². The highest BCUT2D eigenvalue weighted by Gasteiger charge is 2.35. The zero-order chi connectivity index (χ0) is 22.7. The van der Waals surface area contributed by atoms with Crippen molar-refractivity contribution in [1.29, 1.82) is 0 Å². The number of carbonyl (C=O) groups excluding carboxylic acids is 2. The van der Waals surface area contributed by atoms with Crippen molar-refractivity contribution in [2.24, 2.45) is 0 Å². The van der Waals surface area contributed by atoms with Gasteiger partial charge in [0.25, 0.3) is 11.1 Å². The van der Waals surface area contributed by atoms with E-state index in [-0.39, 0.29) is 17.7 Å². The summed E-state index contributed by atoms with van der Waals surface area (Å²) < 4.78 is 6.83. The van der Waals surface area contributed by atoms with Crippen LogP contribution in [0.4, 0.5) is 4.79 Å². The molecular formula is C22H16BrClN2O3S3. The van der Waals surface area contributed by atoms with Crippen LogP contribution in [-0.4, -0.2) is 28.1 Å². The molecule has 0 atom stereocenters. The lowest BCUT2D eigenvalue weighted by Gasteiger charge is -2.13. The average molecular weight is 568 g/mol. The van der Waals surface area contributed by atoms with Crippen LogP contribution in [0.2, 0.25) is 5.15 Å². The zero-order valence-electron chi connectivity index (χ0n) is 16.7. The maximum Gasteiger partial charge on any atom is 0.293 e. The lowest BCUT2D eigenvalue weighted by molar-refractivity contribution is -0.123. The molecule has 0 bridgehead atoms. The third-order valence-corrected chi connectivity index (χ3v) is 8.83. The van der Waals surface area contributed by atoms with Gasteiger partial charge >= 0.3 is 0 Å². The van der Waals surface area contributed by atoms with Crippen molar-refractivity contribution in [3.8, 4) is 5.75 Å². The number of nitrogens with zero attached hydrogens (tertiary/aromatic N) is 2. The maximum atomic E-state index is 12.8. The Bertz CT molecular complexity index is 1200. The molecule has 1 saturated heterocycles. The smallest absolute Gasteiger partial charge is 0.293 e. The summed E-state index contributed by atoms with van der Waals surface area (Å²) in [6, 6.07) is 15.4. The Morgan fingerprint density at radius 2 is 1.94 bits per heavy atom. The van der Waals surface area contributed by atoms with Crippen LogP contribution < -0.4 is 4.74 Å². The molecule has 0 unspecified atom stereocenters. The number of thioether (sulfide) groups is 2. The van der Waals surface area contributed by atoms with Gasteiger partial charge in [-0.25, -0.2) is 4.98 Å². The number of aromatic nitrogens is 1. The molecule has 0 saturated carbocycles. The summed E-state index contributed by atoms with van der Waals surface area (Å²) in [6.45, 7) is 0.211. The molecule has 4 rings (SSSR count). The average Bonchev–Trinajstić information content (AvgIpc) is 3.27. The number of hydrogen-bond donors (Lipinski definition) is 0. The molecule has 2 amide bonds. The number of benzene rings is 2. The predicted molar refractivity (Wildman–Crippen MR) is 135 cm³/mol. The van der Waals surface area contributed by atoms with Crippen LogP contribution in [0.15, 0.2) is 62.2 Å². The number of rotatable bonds is 7. The second kappa shape index (κ2) is 10.4. The van der Waals surface area contributed by atoms with Crippen LogP contribution in [0.1, 0.15) is 16.0 Å². The van der Waals surface area contributed by atoms with E-state index >= 15 is 0 Å². The molecule has 3 aromatic rings. The van der Waals surface area contributed by atoms with Crippen molar-refractivity contribution in [3.63, 3.8) is 0 Å². The van der Waals surface area contributed by atoms with Gasteiger partial charge in [-0.1, -0.05) is 69.6 Å². The summed E-state index contributed by atoms with van der Waals surface area (Å²) in [4.78, 5) is 31.9. The molecule has 0 N–H and O–H groups in total. The van der Waals surface area contributed by atoms with Gasteiger partial charge in [-0.2, -0.15) is 0 Å². The molecule has 0 spiro atoms. The lowest BCUT2D eigenvalue weighted by atomic mass is 10.2. The van der Waals surface area contributed by atoms with Gasteiger partial charge in [0, 0.05) is 10.2 Å². The SMILES string of the molecule is COc1ccc(CSc2nc(Cl)c(/C=C3/SC(=O)N(Cc4ccccc4Br)C3=O)s2)cc1. The van der Waals surface area contributed by atoms with Gasteiger partial charge in [0.1, 0.15) is 10.9 Å². The van der Waals surface area contributed by atoms with Crippen LogP contribution in [0.3, 0.4) is 0 Å². The summed E-state index contributed by atoms with van der Waals surface area (Å²) in [6.07, 6.45) is 1.66. The standard InChI is InChI=1S/C22H16BrClN2O3S3/c1-29-15-8-6-13(7-9-15)12-30-21-25-19(24)17(31-21)10-18-20(27)26(22(28)32-18)11-14-4-2-3-5-16(14)23/h2-10H,11-12H2,1H3/b18-10+.